The van der Waals surface area contributed by atoms with Crippen LogP contribution in [0.4, 0.5) is 0 Å². The van der Waals surface area contributed by atoms with Crippen LogP contribution in [0.15, 0.2) is 18.3 Å². The minimum atomic E-state index is -0.255. The Balaban J connectivity index is 2.23. The summed E-state index contributed by atoms with van der Waals surface area (Å²) in [6.07, 6.45) is 2.99. The number of carbonyl (C=O) groups is 1. The molecule has 1 atom stereocenters. The summed E-state index contributed by atoms with van der Waals surface area (Å²) in [5.41, 5.74) is 3.17. The van der Waals surface area contributed by atoms with Gasteiger partial charge in [-0.2, -0.15) is 0 Å². The van der Waals surface area contributed by atoms with Gasteiger partial charge in [0.15, 0.2) is 0 Å². The first-order valence-corrected chi connectivity index (χ1v) is 6.02. The van der Waals surface area contributed by atoms with Crippen molar-refractivity contribution in [1.29, 1.82) is 0 Å². The number of aromatic nitrogens is 1. The van der Waals surface area contributed by atoms with Gasteiger partial charge in [-0.15, -0.1) is 0 Å². The molecule has 3 heteroatoms. The molecule has 17 heavy (non-hydrogen) atoms. The molecule has 0 saturated heterocycles. The molecule has 2 aromatic rings. The number of benzene rings is 1. The summed E-state index contributed by atoms with van der Waals surface area (Å²) in [7, 11) is 0. The Bertz CT molecular complexity index is 598. The normalized spacial score (nSPS) is 17.6. The van der Waals surface area contributed by atoms with E-state index < -0.39 is 0 Å². The SMILES string of the molecule is CCOC(=O)c1[nH]cc2c3ccc(c12)C(C)C3. The quantitative estimate of drug-likeness (QED) is 0.804. The molecular weight excluding hydrogens is 214 g/mol. The fourth-order valence-corrected chi connectivity index (χ4v) is 2.73. The van der Waals surface area contributed by atoms with Gasteiger partial charge < -0.3 is 9.72 Å². The predicted molar refractivity (Wildman–Crippen MR) is 66.4 cm³/mol. The van der Waals surface area contributed by atoms with Crippen molar-refractivity contribution in [3.8, 4) is 0 Å². The molecular formula is C14H15NO2. The molecule has 88 valence electrons. The standard InChI is InChI=1S/C14H15NO2/c1-3-17-14(16)13-12-10-5-4-9(6-8(10)2)11(12)7-15-13/h4-5,7-8,15H,3,6H2,1-2H3. The van der Waals surface area contributed by atoms with Crippen LogP contribution in [0.3, 0.4) is 0 Å². The largest absolute Gasteiger partial charge is 0.461 e. The summed E-state index contributed by atoms with van der Waals surface area (Å²) >= 11 is 0. The highest BCUT2D eigenvalue weighted by Gasteiger charge is 2.25. The van der Waals surface area contributed by atoms with E-state index in [1.165, 1.54) is 16.5 Å². The van der Waals surface area contributed by atoms with Gasteiger partial charge in [0.2, 0.25) is 0 Å². The summed E-state index contributed by atoms with van der Waals surface area (Å²) in [6, 6.07) is 4.28. The lowest BCUT2D eigenvalue weighted by atomic mass is 9.82. The van der Waals surface area contributed by atoms with E-state index in [0.717, 1.165) is 11.8 Å². The second-order valence-electron chi connectivity index (χ2n) is 4.59. The second-order valence-corrected chi connectivity index (χ2v) is 4.59. The molecule has 0 aliphatic heterocycles. The number of rotatable bonds is 2. The van der Waals surface area contributed by atoms with Crippen molar-refractivity contribution in [1.82, 2.24) is 4.98 Å². The number of hydrogen-bond acceptors (Lipinski definition) is 2. The Hall–Kier alpha value is -1.77. The van der Waals surface area contributed by atoms with Crippen molar-refractivity contribution >= 4 is 16.7 Å². The molecule has 4 rings (SSSR count). The highest BCUT2D eigenvalue weighted by Crippen LogP contribution is 2.38. The van der Waals surface area contributed by atoms with Crippen molar-refractivity contribution < 1.29 is 9.53 Å². The first-order chi connectivity index (χ1) is 8.22. The van der Waals surface area contributed by atoms with E-state index in [2.05, 4.69) is 24.0 Å². The highest BCUT2D eigenvalue weighted by atomic mass is 16.5. The smallest absolute Gasteiger partial charge is 0.355 e. The molecule has 0 spiro atoms. The fraction of sp³-hybridized carbons (Fsp3) is 0.357. The molecule has 0 radical (unpaired) electrons. The lowest BCUT2D eigenvalue weighted by Gasteiger charge is -2.22. The third kappa shape index (κ3) is 1.38. The van der Waals surface area contributed by atoms with Crippen molar-refractivity contribution in [2.75, 3.05) is 6.61 Å². The van der Waals surface area contributed by atoms with Crippen LogP contribution in [-0.2, 0) is 11.2 Å². The van der Waals surface area contributed by atoms with E-state index in [4.69, 9.17) is 4.74 Å². The molecule has 0 amide bonds. The third-order valence-corrected chi connectivity index (χ3v) is 3.52. The molecule has 2 aliphatic carbocycles. The predicted octanol–water partition coefficient (Wildman–Crippen LogP) is 3.00. The van der Waals surface area contributed by atoms with Crippen molar-refractivity contribution in [2.45, 2.75) is 26.2 Å². The number of ether oxygens (including phenoxy) is 1. The van der Waals surface area contributed by atoms with Crippen LogP contribution in [0.25, 0.3) is 10.8 Å². The summed E-state index contributed by atoms with van der Waals surface area (Å²) in [5, 5.41) is 2.23. The van der Waals surface area contributed by atoms with Gasteiger partial charge in [0.25, 0.3) is 0 Å². The molecule has 1 heterocycles. The number of H-pyrrole nitrogens is 1. The summed E-state index contributed by atoms with van der Waals surface area (Å²) in [6.45, 7) is 4.43. The molecule has 0 fully saturated rings. The summed E-state index contributed by atoms with van der Waals surface area (Å²) < 4.78 is 5.08. The minimum absolute atomic E-state index is 0.255. The highest BCUT2D eigenvalue weighted by molar-refractivity contribution is 6.06. The van der Waals surface area contributed by atoms with E-state index in [0.29, 0.717) is 18.2 Å². The van der Waals surface area contributed by atoms with E-state index in [1.807, 2.05) is 13.1 Å². The van der Waals surface area contributed by atoms with Gasteiger partial charge >= 0.3 is 5.97 Å². The maximum Gasteiger partial charge on any atom is 0.355 e. The van der Waals surface area contributed by atoms with E-state index in [9.17, 15) is 4.79 Å². The van der Waals surface area contributed by atoms with Crippen LogP contribution in [0.2, 0.25) is 0 Å². The maximum absolute atomic E-state index is 11.9. The zero-order chi connectivity index (χ0) is 12.0. The average molecular weight is 229 g/mol. The average Bonchev–Trinajstić information content (AvgIpc) is 2.76. The maximum atomic E-state index is 11.9. The third-order valence-electron chi connectivity index (χ3n) is 3.52. The van der Waals surface area contributed by atoms with E-state index in [-0.39, 0.29) is 5.97 Å². The summed E-state index contributed by atoms with van der Waals surface area (Å²) in [4.78, 5) is 14.9. The van der Waals surface area contributed by atoms with Crippen LogP contribution in [0, 0.1) is 0 Å². The first kappa shape index (κ1) is 10.4. The zero-order valence-corrected chi connectivity index (χ0v) is 10.0. The molecule has 1 aromatic heterocycles. The minimum Gasteiger partial charge on any atom is -0.461 e. The number of nitrogens with one attached hydrogen (secondary N) is 1. The lowest BCUT2D eigenvalue weighted by molar-refractivity contribution is 0.0522. The number of hydrogen-bond donors (Lipinski definition) is 1. The van der Waals surface area contributed by atoms with E-state index in [1.54, 1.807) is 0 Å². The van der Waals surface area contributed by atoms with Crippen molar-refractivity contribution in [3.63, 3.8) is 0 Å². The number of carbonyl (C=O) groups excluding carboxylic acids is 1. The number of aromatic amines is 1. The summed E-state index contributed by atoms with van der Waals surface area (Å²) in [5.74, 6) is 0.237. The van der Waals surface area contributed by atoms with Gasteiger partial charge in [0.05, 0.1) is 6.61 Å². The fourth-order valence-electron chi connectivity index (χ4n) is 2.73. The van der Waals surface area contributed by atoms with Crippen LogP contribution in [-0.4, -0.2) is 17.6 Å². The lowest BCUT2D eigenvalue weighted by Crippen LogP contribution is -2.10. The Morgan fingerprint density at radius 2 is 2.35 bits per heavy atom. The topological polar surface area (TPSA) is 42.1 Å². The second kappa shape index (κ2) is 3.62. The molecule has 0 saturated carbocycles. The van der Waals surface area contributed by atoms with Gasteiger partial charge in [-0.3, -0.25) is 0 Å². The zero-order valence-electron chi connectivity index (χ0n) is 10.0. The van der Waals surface area contributed by atoms with Crippen LogP contribution in [0.1, 0.15) is 41.4 Å². The molecule has 3 nitrogen and oxygen atoms in total. The Morgan fingerprint density at radius 3 is 3.06 bits per heavy atom. The van der Waals surface area contributed by atoms with Gasteiger partial charge in [-0.1, -0.05) is 19.1 Å². The van der Waals surface area contributed by atoms with Gasteiger partial charge in [-0.25, -0.2) is 4.79 Å². The van der Waals surface area contributed by atoms with Gasteiger partial charge in [0.1, 0.15) is 5.69 Å². The Labute approximate surface area is 99.8 Å². The Kier molecular flexibility index (Phi) is 2.21. The first-order valence-electron chi connectivity index (χ1n) is 6.02. The number of fused-ring (bicyclic) bond motifs is 2. The van der Waals surface area contributed by atoms with Crippen LogP contribution >= 0.6 is 0 Å². The Morgan fingerprint density at radius 1 is 1.53 bits per heavy atom. The van der Waals surface area contributed by atoms with Gasteiger partial charge in [0, 0.05) is 17.0 Å². The van der Waals surface area contributed by atoms with E-state index >= 15 is 0 Å². The molecule has 2 bridgehead atoms. The van der Waals surface area contributed by atoms with Gasteiger partial charge in [-0.05, 0) is 30.4 Å². The molecule has 1 unspecified atom stereocenters. The van der Waals surface area contributed by atoms with Crippen molar-refractivity contribution in [2.24, 2.45) is 0 Å². The van der Waals surface area contributed by atoms with Crippen molar-refractivity contribution in [3.05, 3.63) is 35.2 Å². The monoisotopic (exact) mass is 229 g/mol. The molecule has 1 aromatic carbocycles. The molecule has 2 aliphatic rings. The van der Waals surface area contributed by atoms with Crippen LogP contribution < -0.4 is 0 Å². The number of esters is 1. The molecule has 1 N–H and O–H groups in total. The van der Waals surface area contributed by atoms with Crippen LogP contribution in [0.5, 0.6) is 0 Å².